The highest BCUT2D eigenvalue weighted by molar-refractivity contribution is 8.00. The highest BCUT2D eigenvalue weighted by Gasteiger charge is 2.57. The van der Waals surface area contributed by atoms with E-state index in [0.29, 0.717) is 26.8 Å². The van der Waals surface area contributed by atoms with Crippen molar-refractivity contribution in [2.24, 2.45) is 5.92 Å². The van der Waals surface area contributed by atoms with Gasteiger partial charge in [0, 0.05) is 22.0 Å². The van der Waals surface area contributed by atoms with Crippen molar-refractivity contribution in [1.82, 2.24) is 4.57 Å². The van der Waals surface area contributed by atoms with Gasteiger partial charge in [-0.15, -0.1) is 0 Å². The Labute approximate surface area is 236 Å². The van der Waals surface area contributed by atoms with E-state index in [2.05, 4.69) is 5.32 Å². The number of carbonyl (C=O) groups is 3. The minimum absolute atomic E-state index is 0.0559. The molecular weight excluding hydrogens is 553 g/mol. The fourth-order valence-corrected chi connectivity index (χ4v) is 7.93. The second-order valence-corrected chi connectivity index (χ2v) is 11.8. The normalized spacial score (nSPS) is 19.9. The summed E-state index contributed by atoms with van der Waals surface area (Å²) in [6, 6.07) is 18.9. The monoisotopic (exact) mass is 575 g/mol. The van der Waals surface area contributed by atoms with E-state index in [-0.39, 0.29) is 12.3 Å². The van der Waals surface area contributed by atoms with Crippen LogP contribution in [-0.2, 0) is 20.9 Å². The van der Waals surface area contributed by atoms with Gasteiger partial charge < -0.3 is 10.4 Å². The van der Waals surface area contributed by atoms with Gasteiger partial charge in [-0.2, -0.15) is 0 Å². The summed E-state index contributed by atoms with van der Waals surface area (Å²) in [5, 5.41) is 13.0. The molecule has 3 heterocycles. The number of amides is 3. The molecule has 0 radical (unpaired) electrons. The van der Waals surface area contributed by atoms with Gasteiger partial charge in [0.05, 0.1) is 16.6 Å². The Morgan fingerprint density at radius 3 is 2.38 bits per heavy atom. The summed E-state index contributed by atoms with van der Waals surface area (Å²) in [5.74, 6) is -3.47. The number of aromatic nitrogens is 1. The number of hydrogen-bond donors (Lipinski definition) is 2. The number of benzene rings is 3. The number of imide groups is 1. The van der Waals surface area contributed by atoms with Crippen LogP contribution in [0.25, 0.3) is 0 Å². The van der Waals surface area contributed by atoms with Gasteiger partial charge >= 0.3 is 4.87 Å². The SMILES string of the molecule is Cc1ccc(N2C(=O)[C@@H]3[C@H](c4ccccc4O)c4sc(=O)n(CC(=O)Nc5ccc(F)cc5)c4S[C@@H]3C2=O)cc1. The molecule has 11 heteroatoms. The number of thiazole rings is 1. The maximum absolute atomic E-state index is 13.9. The molecule has 1 aromatic heterocycles. The van der Waals surface area contributed by atoms with Crippen molar-refractivity contribution < 1.29 is 23.9 Å². The Morgan fingerprint density at radius 2 is 1.68 bits per heavy atom. The summed E-state index contributed by atoms with van der Waals surface area (Å²) >= 11 is 1.99. The highest BCUT2D eigenvalue weighted by atomic mass is 32.2. The molecule has 0 saturated carbocycles. The lowest BCUT2D eigenvalue weighted by atomic mass is 9.82. The maximum atomic E-state index is 13.9. The molecule has 3 atom stereocenters. The van der Waals surface area contributed by atoms with E-state index in [1.54, 1.807) is 30.3 Å². The molecule has 0 unspecified atom stereocenters. The molecule has 8 nitrogen and oxygen atoms in total. The number of carbonyl (C=O) groups excluding carboxylic acids is 3. The number of nitrogens with one attached hydrogen (secondary N) is 1. The predicted molar refractivity (Wildman–Crippen MR) is 150 cm³/mol. The van der Waals surface area contributed by atoms with Crippen LogP contribution in [0.5, 0.6) is 5.75 Å². The Bertz CT molecular complexity index is 1710. The van der Waals surface area contributed by atoms with Gasteiger partial charge in [0.2, 0.25) is 17.7 Å². The largest absolute Gasteiger partial charge is 0.508 e. The summed E-state index contributed by atoms with van der Waals surface area (Å²) in [7, 11) is 0. The van der Waals surface area contributed by atoms with Crippen molar-refractivity contribution in [3.05, 3.63) is 104 Å². The van der Waals surface area contributed by atoms with Crippen LogP contribution in [0, 0.1) is 18.7 Å². The van der Waals surface area contributed by atoms with Gasteiger partial charge in [-0.3, -0.25) is 23.7 Å². The molecule has 1 fully saturated rings. The molecule has 0 bridgehead atoms. The van der Waals surface area contributed by atoms with Crippen LogP contribution in [0.4, 0.5) is 15.8 Å². The van der Waals surface area contributed by atoms with E-state index in [1.165, 1.54) is 39.8 Å². The zero-order valence-electron chi connectivity index (χ0n) is 21.0. The molecule has 4 aromatic rings. The summed E-state index contributed by atoms with van der Waals surface area (Å²) in [4.78, 5) is 55.0. The first-order valence-corrected chi connectivity index (χ1v) is 14.1. The number of thioether (sulfide) groups is 1. The third-order valence-electron chi connectivity index (χ3n) is 7.04. The Morgan fingerprint density at radius 1 is 0.975 bits per heavy atom. The third-order valence-corrected chi connectivity index (χ3v) is 9.65. The summed E-state index contributed by atoms with van der Waals surface area (Å²) < 4.78 is 14.6. The molecule has 3 amide bonds. The van der Waals surface area contributed by atoms with Gasteiger partial charge in [-0.05, 0) is 49.4 Å². The Balaban J connectivity index is 1.41. The number of hydrogen-bond acceptors (Lipinski definition) is 7. The van der Waals surface area contributed by atoms with Crippen LogP contribution in [0.2, 0.25) is 0 Å². The van der Waals surface area contributed by atoms with E-state index >= 15 is 0 Å². The van der Waals surface area contributed by atoms with E-state index in [1.807, 2.05) is 19.1 Å². The average Bonchev–Trinajstić information content (AvgIpc) is 3.37. The summed E-state index contributed by atoms with van der Waals surface area (Å²) in [6.07, 6.45) is 0. The first-order valence-electron chi connectivity index (χ1n) is 12.4. The smallest absolute Gasteiger partial charge is 0.308 e. The van der Waals surface area contributed by atoms with Crippen molar-refractivity contribution in [2.45, 2.75) is 29.7 Å². The van der Waals surface area contributed by atoms with E-state index in [4.69, 9.17) is 0 Å². The highest BCUT2D eigenvalue weighted by Crippen LogP contribution is 2.55. The number of phenols is 1. The fourth-order valence-electron chi connectivity index (χ4n) is 5.17. The molecular formula is C29H22FN3O5S2. The number of anilines is 2. The molecule has 3 aromatic carbocycles. The maximum Gasteiger partial charge on any atom is 0.308 e. The molecule has 1 saturated heterocycles. The van der Waals surface area contributed by atoms with Crippen LogP contribution >= 0.6 is 23.1 Å². The lowest BCUT2D eigenvalue weighted by Crippen LogP contribution is -2.33. The molecule has 2 aliphatic heterocycles. The topological polar surface area (TPSA) is 109 Å². The lowest BCUT2D eigenvalue weighted by Gasteiger charge is -2.31. The predicted octanol–water partition coefficient (Wildman–Crippen LogP) is 4.50. The summed E-state index contributed by atoms with van der Waals surface area (Å²) in [5.41, 5.74) is 2.22. The molecule has 6 rings (SSSR count). The second-order valence-electron chi connectivity index (χ2n) is 9.63. The third kappa shape index (κ3) is 4.40. The first kappa shape index (κ1) is 26.0. The Hall–Kier alpha value is -4.22. The molecule has 2 N–H and O–H groups in total. The number of rotatable bonds is 5. The van der Waals surface area contributed by atoms with Crippen molar-refractivity contribution in [3.8, 4) is 5.75 Å². The number of nitrogens with zero attached hydrogens (tertiary/aromatic N) is 2. The number of fused-ring (bicyclic) bond motifs is 2. The van der Waals surface area contributed by atoms with Crippen LogP contribution in [0.1, 0.15) is 21.9 Å². The zero-order valence-corrected chi connectivity index (χ0v) is 22.7. The average molecular weight is 576 g/mol. The van der Waals surface area contributed by atoms with Crippen molar-refractivity contribution in [3.63, 3.8) is 0 Å². The number of para-hydroxylation sites is 1. The van der Waals surface area contributed by atoms with Gasteiger partial charge in [0.25, 0.3) is 0 Å². The minimum Gasteiger partial charge on any atom is -0.508 e. The number of phenolic OH excluding ortho intramolecular Hbond substituents is 1. The van der Waals surface area contributed by atoms with Crippen LogP contribution in [0.3, 0.4) is 0 Å². The van der Waals surface area contributed by atoms with E-state index in [9.17, 15) is 28.7 Å². The molecule has 202 valence electrons. The molecule has 0 aliphatic carbocycles. The van der Waals surface area contributed by atoms with Gasteiger partial charge in [0.1, 0.15) is 23.4 Å². The number of aryl methyl sites for hydroxylation is 1. The van der Waals surface area contributed by atoms with Crippen molar-refractivity contribution >= 4 is 52.2 Å². The lowest BCUT2D eigenvalue weighted by molar-refractivity contribution is -0.122. The Kier molecular flexibility index (Phi) is 6.55. The fraction of sp³-hybridized carbons (Fsp3) is 0.172. The van der Waals surface area contributed by atoms with Crippen molar-refractivity contribution in [1.29, 1.82) is 0 Å². The van der Waals surface area contributed by atoms with Gasteiger partial charge in [-0.1, -0.05) is 59.0 Å². The first-order chi connectivity index (χ1) is 19.2. The van der Waals surface area contributed by atoms with Crippen LogP contribution in [0.15, 0.2) is 82.6 Å². The number of halogens is 1. The molecule has 40 heavy (non-hydrogen) atoms. The number of aromatic hydroxyl groups is 1. The zero-order chi connectivity index (χ0) is 28.1. The van der Waals surface area contributed by atoms with E-state index in [0.717, 1.165) is 28.7 Å². The second kappa shape index (κ2) is 10.1. The van der Waals surface area contributed by atoms with Gasteiger partial charge in [-0.25, -0.2) is 9.29 Å². The standard InChI is InChI=1S/C29H22FN3O5S2/c1-15-6-12-18(13-7-15)33-26(36)23-22(19-4-2-3-5-20(19)34)25-28(39-24(23)27(33)37)32(29(38)40-25)14-21(35)31-17-10-8-16(30)9-11-17/h2-13,22-24,34H,14H2,1H3,(H,31,35)/t22-,23+,24-/m0/s1. The molecule has 2 aliphatic rings. The van der Waals surface area contributed by atoms with Crippen LogP contribution < -0.4 is 15.1 Å². The minimum atomic E-state index is -0.869. The molecule has 0 spiro atoms. The van der Waals surface area contributed by atoms with Crippen molar-refractivity contribution in [2.75, 3.05) is 10.2 Å². The summed E-state index contributed by atoms with van der Waals surface area (Å²) in [6.45, 7) is 1.56. The van der Waals surface area contributed by atoms with Gasteiger partial charge in [0.15, 0.2) is 0 Å². The van der Waals surface area contributed by atoms with E-state index < -0.39 is 45.5 Å². The van der Waals surface area contributed by atoms with Crippen LogP contribution in [-0.4, -0.2) is 32.6 Å². The quantitative estimate of drug-likeness (QED) is 0.340.